The van der Waals surface area contributed by atoms with E-state index < -0.39 is 0 Å². The summed E-state index contributed by atoms with van der Waals surface area (Å²) in [5.74, 6) is 0.916. The third-order valence-electron chi connectivity index (χ3n) is 4.84. The normalized spacial score (nSPS) is 22.2. The minimum atomic E-state index is 0. The molecule has 140 valence electrons. The van der Waals surface area contributed by atoms with Crippen molar-refractivity contribution < 1.29 is 4.79 Å². The van der Waals surface area contributed by atoms with Gasteiger partial charge in [-0.1, -0.05) is 6.92 Å². The van der Waals surface area contributed by atoms with Crippen LogP contribution < -0.4 is 10.6 Å². The summed E-state index contributed by atoms with van der Waals surface area (Å²) in [7, 11) is 0. The van der Waals surface area contributed by atoms with E-state index in [0.29, 0.717) is 6.04 Å². The summed E-state index contributed by atoms with van der Waals surface area (Å²) in [6.07, 6.45) is 6.02. The highest BCUT2D eigenvalue weighted by Crippen LogP contribution is 2.15. The molecule has 0 spiro atoms. The van der Waals surface area contributed by atoms with E-state index in [1.165, 1.54) is 25.8 Å². The van der Waals surface area contributed by atoms with E-state index in [9.17, 15) is 4.79 Å². The van der Waals surface area contributed by atoms with Crippen LogP contribution in [-0.2, 0) is 4.79 Å². The molecule has 2 saturated heterocycles. The molecule has 2 aliphatic rings. The topological polar surface area (TPSA) is 60.0 Å². The molecule has 6 nitrogen and oxygen atoms in total. The van der Waals surface area contributed by atoms with Gasteiger partial charge < -0.3 is 15.5 Å². The standard InChI is InChI=1S/C17H33N5O.HI/c1-3-18-17(19-13-15-9-8-12-21(15)4-2)20-14-16(23)22-10-6-5-7-11-22;/h15H,3-14H2,1-2H3,(H2,18,19,20);1H. The molecule has 2 rings (SSSR count). The molecule has 2 aliphatic heterocycles. The molecule has 0 aromatic heterocycles. The van der Waals surface area contributed by atoms with Crippen LogP contribution >= 0.6 is 24.0 Å². The predicted molar refractivity (Wildman–Crippen MR) is 110 cm³/mol. The Balaban J connectivity index is 0.00000288. The molecule has 0 aliphatic carbocycles. The summed E-state index contributed by atoms with van der Waals surface area (Å²) < 4.78 is 0. The lowest BCUT2D eigenvalue weighted by molar-refractivity contribution is -0.130. The van der Waals surface area contributed by atoms with Crippen LogP contribution in [0.25, 0.3) is 0 Å². The molecule has 24 heavy (non-hydrogen) atoms. The maximum absolute atomic E-state index is 12.2. The van der Waals surface area contributed by atoms with Crippen molar-refractivity contribution in [1.29, 1.82) is 0 Å². The molecule has 0 saturated carbocycles. The number of guanidine groups is 1. The van der Waals surface area contributed by atoms with Gasteiger partial charge in [-0.15, -0.1) is 24.0 Å². The Morgan fingerprint density at radius 2 is 1.83 bits per heavy atom. The number of likely N-dealkylation sites (N-methyl/N-ethyl adjacent to an activating group) is 1. The fraction of sp³-hybridized carbons (Fsp3) is 0.882. The van der Waals surface area contributed by atoms with Crippen molar-refractivity contribution in [1.82, 2.24) is 20.4 Å². The second kappa shape index (κ2) is 11.9. The van der Waals surface area contributed by atoms with Crippen molar-refractivity contribution in [3.63, 3.8) is 0 Å². The van der Waals surface area contributed by atoms with Crippen LogP contribution in [0.1, 0.15) is 46.0 Å². The van der Waals surface area contributed by atoms with Gasteiger partial charge >= 0.3 is 0 Å². The number of aliphatic imine (C=N–C) groups is 1. The maximum atomic E-state index is 12.2. The van der Waals surface area contributed by atoms with Gasteiger partial charge in [0.15, 0.2) is 5.96 Å². The Labute approximate surface area is 163 Å². The first kappa shape index (κ1) is 21.5. The van der Waals surface area contributed by atoms with Crippen LogP contribution in [0, 0.1) is 0 Å². The van der Waals surface area contributed by atoms with Crippen molar-refractivity contribution >= 4 is 35.8 Å². The molecule has 0 aromatic rings. The predicted octanol–water partition coefficient (Wildman–Crippen LogP) is 1.66. The van der Waals surface area contributed by atoms with Crippen LogP contribution in [0.5, 0.6) is 0 Å². The molecule has 1 unspecified atom stereocenters. The first-order chi connectivity index (χ1) is 11.2. The maximum Gasteiger partial charge on any atom is 0.244 e. The van der Waals surface area contributed by atoms with Gasteiger partial charge in [0, 0.05) is 32.2 Å². The van der Waals surface area contributed by atoms with Crippen LogP contribution in [0.3, 0.4) is 0 Å². The fourth-order valence-electron chi connectivity index (χ4n) is 3.49. The summed E-state index contributed by atoms with van der Waals surface area (Å²) in [6, 6.07) is 0.585. The summed E-state index contributed by atoms with van der Waals surface area (Å²) in [5, 5.41) is 6.66. The van der Waals surface area contributed by atoms with E-state index >= 15 is 0 Å². The van der Waals surface area contributed by atoms with Crippen LogP contribution in [0.15, 0.2) is 4.99 Å². The quantitative estimate of drug-likeness (QED) is 0.367. The highest BCUT2D eigenvalue weighted by atomic mass is 127. The van der Waals surface area contributed by atoms with E-state index in [1.54, 1.807) is 0 Å². The van der Waals surface area contributed by atoms with Gasteiger partial charge in [-0.3, -0.25) is 9.69 Å². The number of nitrogens with one attached hydrogen (secondary N) is 2. The zero-order chi connectivity index (χ0) is 16.5. The van der Waals surface area contributed by atoms with Gasteiger partial charge in [0.1, 0.15) is 6.54 Å². The third-order valence-corrected chi connectivity index (χ3v) is 4.84. The van der Waals surface area contributed by atoms with Gasteiger partial charge in [0.2, 0.25) is 5.91 Å². The van der Waals surface area contributed by atoms with Crippen molar-refractivity contribution in [3.05, 3.63) is 0 Å². The Morgan fingerprint density at radius 3 is 2.50 bits per heavy atom. The first-order valence-electron chi connectivity index (χ1n) is 9.28. The van der Waals surface area contributed by atoms with Gasteiger partial charge in [-0.25, -0.2) is 4.99 Å². The molecule has 7 heteroatoms. The number of carbonyl (C=O) groups is 1. The average molecular weight is 451 g/mol. The van der Waals surface area contributed by atoms with Crippen molar-refractivity contribution in [2.24, 2.45) is 4.99 Å². The molecule has 1 atom stereocenters. The van der Waals surface area contributed by atoms with Crippen molar-refractivity contribution in [3.8, 4) is 0 Å². The van der Waals surface area contributed by atoms with Crippen molar-refractivity contribution in [2.45, 2.75) is 52.0 Å². The highest BCUT2D eigenvalue weighted by molar-refractivity contribution is 14.0. The second-order valence-electron chi connectivity index (χ2n) is 6.44. The van der Waals surface area contributed by atoms with E-state index in [0.717, 1.165) is 51.5 Å². The SMILES string of the molecule is CCNC(=NCC(=O)N1CCCCC1)NCC1CCCN1CC.I. The van der Waals surface area contributed by atoms with Crippen LogP contribution in [-0.4, -0.2) is 73.5 Å². The van der Waals surface area contributed by atoms with Gasteiger partial charge in [-0.2, -0.15) is 0 Å². The highest BCUT2D eigenvalue weighted by Gasteiger charge is 2.23. The Morgan fingerprint density at radius 1 is 1.08 bits per heavy atom. The summed E-state index contributed by atoms with van der Waals surface area (Å²) in [4.78, 5) is 21.2. The molecule has 0 aromatic carbocycles. The number of piperidine rings is 1. The summed E-state index contributed by atoms with van der Waals surface area (Å²) in [6.45, 7) is 10.3. The van der Waals surface area contributed by atoms with Crippen LogP contribution in [0.2, 0.25) is 0 Å². The Bertz CT molecular complexity index is 398. The third kappa shape index (κ3) is 6.74. The molecule has 2 N–H and O–H groups in total. The minimum absolute atomic E-state index is 0. The van der Waals surface area contributed by atoms with Gasteiger partial charge in [0.05, 0.1) is 0 Å². The van der Waals surface area contributed by atoms with Crippen LogP contribution in [0.4, 0.5) is 0 Å². The molecule has 1 amide bonds. The monoisotopic (exact) mass is 451 g/mol. The largest absolute Gasteiger partial charge is 0.357 e. The lowest BCUT2D eigenvalue weighted by Crippen LogP contribution is -2.45. The minimum Gasteiger partial charge on any atom is -0.357 e. The van der Waals surface area contributed by atoms with E-state index in [2.05, 4.69) is 34.4 Å². The second-order valence-corrected chi connectivity index (χ2v) is 6.44. The smallest absolute Gasteiger partial charge is 0.244 e. The zero-order valence-electron chi connectivity index (χ0n) is 15.2. The number of amides is 1. The molecular weight excluding hydrogens is 417 g/mol. The van der Waals surface area contributed by atoms with Crippen molar-refractivity contribution in [2.75, 3.05) is 45.8 Å². The Kier molecular flexibility index (Phi) is 10.6. The molecule has 2 heterocycles. The molecule has 2 fully saturated rings. The fourth-order valence-corrected chi connectivity index (χ4v) is 3.49. The van der Waals surface area contributed by atoms with Gasteiger partial charge in [0.25, 0.3) is 0 Å². The molecular formula is C17H34IN5O. The number of halogens is 1. The van der Waals surface area contributed by atoms with E-state index in [1.807, 2.05) is 4.90 Å². The van der Waals surface area contributed by atoms with E-state index in [-0.39, 0.29) is 36.4 Å². The first-order valence-corrected chi connectivity index (χ1v) is 9.28. The number of rotatable bonds is 6. The molecule has 0 radical (unpaired) electrons. The Hall–Kier alpha value is -0.570. The lowest BCUT2D eigenvalue weighted by atomic mass is 10.1. The summed E-state index contributed by atoms with van der Waals surface area (Å²) >= 11 is 0. The number of hydrogen-bond acceptors (Lipinski definition) is 3. The molecule has 0 bridgehead atoms. The number of carbonyl (C=O) groups excluding carboxylic acids is 1. The number of nitrogens with zero attached hydrogens (tertiary/aromatic N) is 3. The van der Waals surface area contributed by atoms with E-state index in [4.69, 9.17) is 0 Å². The van der Waals surface area contributed by atoms with Gasteiger partial charge in [-0.05, 0) is 52.1 Å². The summed E-state index contributed by atoms with van der Waals surface area (Å²) in [5.41, 5.74) is 0. The zero-order valence-corrected chi connectivity index (χ0v) is 17.6. The number of likely N-dealkylation sites (tertiary alicyclic amines) is 2. The number of hydrogen-bond donors (Lipinski definition) is 2. The average Bonchev–Trinajstić information content (AvgIpc) is 3.05. The lowest BCUT2D eigenvalue weighted by Gasteiger charge is -2.26.